The third-order valence-electron chi connectivity index (χ3n) is 3.19. The number of aryl methyl sites for hydroxylation is 1. The van der Waals surface area contributed by atoms with Crippen LogP contribution in [0.3, 0.4) is 0 Å². The van der Waals surface area contributed by atoms with E-state index in [1.54, 1.807) is 13.0 Å². The van der Waals surface area contributed by atoms with Crippen molar-refractivity contribution in [1.29, 1.82) is 0 Å². The maximum absolute atomic E-state index is 12.9. The quantitative estimate of drug-likeness (QED) is 0.761. The van der Waals surface area contributed by atoms with E-state index >= 15 is 0 Å². The predicted molar refractivity (Wildman–Crippen MR) is 86.7 cm³/mol. The Labute approximate surface area is 142 Å². The van der Waals surface area contributed by atoms with E-state index in [4.69, 9.17) is 16.0 Å². The lowest BCUT2D eigenvalue weighted by atomic mass is 10.2. The molecule has 0 saturated heterocycles. The van der Waals surface area contributed by atoms with Gasteiger partial charge in [-0.3, -0.25) is 0 Å². The molecule has 0 saturated carbocycles. The summed E-state index contributed by atoms with van der Waals surface area (Å²) in [5.74, 6) is -0.343. The molecule has 0 bridgehead atoms. The van der Waals surface area contributed by atoms with Crippen molar-refractivity contribution in [1.82, 2.24) is 10.2 Å². The summed E-state index contributed by atoms with van der Waals surface area (Å²) in [4.78, 5) is -0.0281. The van der Waals surface area contributed by atoms with Gasteiger partial charge in [0.25, 0.3) is 10.0 Å². The van der Waals surface area contributed by atoms with Gasteiger partial charge in [-0.1, -0.05) is 22.8 Å². The van der Waals surface area contributed by atoms with Crippen molar-refractivity contribution in [2.24, 2.45) is 0 Å². The van der Waals surface area contributed by atoms with Crippen molar-refractivity contribution in [3.63, 3.8) is 0 Å². The number of nitrogens with zero attached hydrogens (tertiary/aromatic N) is 2. The predicted octanol–water partition coefficient (Wildman–Crippen LogP) is 3.64. The molecule has 1 aromatic heterocycles. The highest BCUT2D eigenvalue weighted by Gasteiger charge is 2.19. The number of sulfonamides is 1. The Kier molecular flexibility index (Phi) is 4.25. The van der Waals surface area contributed by atoms with Gasteiger partial charge < -0.3 is 4.42 Å². The van der Waals surface area contributed by atoms with E-state index in [2.05, 4.69) is 14.9 Å². The second-order valence-electron chi connectivity index (χ2n) is 4.94. The van der Waals surface area contributed by atoms with E-state index in [-0.39, 0.29) is 16.8 Å². The summed E-state index contributed by atoms with van der Waals surface area (Å²) in [7, 11) is -3.92. The molecule has 0 aliphatic rings. The molecular weight excluding hydrogens is 357 g/mol. The first-order valence-corrected chi connectivity index (χ1v) is 8.60. The average molecular weight is 368 g/mol. The zero-order chi connectivity index (χ0) is 17.3. The Morgan fingerprint density at radius 3 is 2.50 bits per heavy atom. The van der Waals surface area contributed by atoms with Crippen LogP contribution in [0.5, 0.6) is 0 Å². The molecule has 124 valence electrons. The van der Waals surface area contributed by atoms with E-state index in [0.717, 1.165) is 5.56 Å². The number of aromatic nitrogens is 2. The minimum atomic E-state index is -3.92. The van der Waals surface area contributed by atoms with Gasteiger partial charge in [0.1, 0.15) is 5.82 Å². The van der Waals surface area contributed by atoms with Gasteiger partial charge in [-0.25, -0.2) is 17.5 Å². The molecule has 1 heterocycles. The van der Waals surface area contributed by atoms with Crippen molar-refractivity contribution in [3.05, 3.63) is 58.9 Å². The first-order valence-electron chi connectivity index (χ1n) is 6.73. The van der Waals surface area contributed by atoms with Gasteiger partial charge in [0, 0.05) is 10.6 Å². The summed E-state index contributed by atoms with van der Waals surface area (Å²) in [5.41, 5.74) is 1.22. The molecule has 9 heteroatoms. The Morgan fingerprint density at radius 1 is 1.12 bits per heavy atom. The van der Waals surface area contributed by atoms with E-state index < -0.39 is 15.8 Å². The van der Waals surface area contributed by atoms with E-state index in [9.17, 15) is 12.8 Å². The maximum Gasteiger partial charge on any atom is 0.330 e. The number of hydrogen-bond acceptors (Lipinski definition) is 5. The van der Waals surface area contributed by atoms with Crippen molar-refractivity contribution in [2.45, 2.75) is 11.8 Å². The number of anilines is 1. The fraction of sp³-hybridized carbons (Fsp3) is 0.0667. The summed E-state index contributed by atoms with van der Waals surface area (Å²) >= 11 is 5.95. The third-order valence-corrected chi connectivity index (χ3v) is 4.92. The summed E-state index contributed by atoms with van der Waals surface area (Å²) in [6.07, 6.45) is 0. The van der Waals surface area contributed by atoms with Crippen LogP contribution in [0.15, 0.2) is 51.8 Å². The number of rotatable bonds is 4. The van der Waals surface area contributed by atoms with Crippen LogP contribution in [0.2, 0.25) is 5.02 Å². The molecule has 0 amide bonds. The Balaban J connectivity index is 1.85. The van der Waals surface area contributed by atoms with Crippen molar-refractivity contribution >= 4 is 27.6 Å². The lowest BCUT2D eigenvalue weighted by molar-refractivity contribution is 0.577. The molecule has 1 N–H and O–H groups in total. The van der Waals surface area contributed by atoms with Crippen molar-refractivity contribution in [2.75, 3.05) is 4.72 Å². The highest BCUT2D eigenvalue weighted by Crippen LogP contribution is 2.24. The van der Waals surface area contributed by atoms with E-state index in [1.165, 1.54) is 36.4 Å². The lowest BCUT2D eigenvalue weighted by Gasteiger charge is -2.05. The standard InChI is InChI=1S/C15H11ClFN3O3S/c1-9-2-7-12(8-13(9)16)24(21,22)20-15-19-18-14(23-15)10-3-5-11(17)6-4-10/h2-8H,1H3,(H,19,20). The normalized spacial score (nSPS) is 11.5. The minimum Gasteiger partial charge on any atom is -0.403 e. The van der Waals surface area contributed by atoms with E-state index in [0.29, 0.717) is 10.6 Å². The maximum atomic E-state index is 12.9. The van der Waals surface area contributed by atoms with Gasteiger partial charge in [-0.05, 0) is 48.9 Å². The minimum absolute atomic E-state index is 0.0281. The van der Waals surface area contributed by atoms with Crippen LogP contribution < -0.4 is 4.72 Å². The Hall–Kier alpha value is -2.45. The first kappa shape index (κ1) is 16.4. The fourth-order valence-corrected chi connectivity index (χ4v) is 3.08. The largest absolute Gasteiger partial charge is 0.403 e. The number of nitrogens with one attached hydrogen (secondary N) is 1. The molecule has 6 nitrogen and oxygen atoms in total. The van der Waals surface area contributed by atoms with Crippen LogP contribution in [0.25, 0.3) is 11.5 Å². The molecule has 2 aromatic carbocycles. The van der Waals surface area contributed by atoms with Crippen LogP contribution in [-0.4, -0.2) is 18.6 Å². The Bertz CT molecular complexity index is 987. The molecule has 0 unspecified atom stereocenters. The molecule has 0 atom stereocenters. The molecule has 24 heavy (non-hydrogen) atoms. The highest BCUT2D eigenvalue weighted by atomic mass is 35.5. The van der Waals surface area contributed by atoms with Gasteiger partial charge >= 0.3 is 6.01 Å². The lowest BCUT2D eigenvalue weighted by Crippen LogP contribution is -2.13. The molecule has 3 aromatic rings. The summed E-state index contributed by atoms with van der Waals surface area (Å²) in [6.45, 7) is 1.76. The monoisotopic (exact) mass is 367 g/mol. The van der Waals surface area contributed by atoms with Crippen LogP contribution in [0.4, 0.5) is 10.4 Å². The summed E-state index contributed by atoms with van der Waals surface area (Å²) in [5, 5.41) is 7.69. The first-order chi connectivity index (χ1) is 11.3. The zero-order valence-corrected chi connectivity index (χ0v) is 13.9. The fourth-order valence-electron chi connectivity index (χ4n) is 1.89. The molecule has 0 fully saturated rings. The smallest absolute Gasteiger partial charge is 0.330 e. The molecular formula is C15H11ClFN3O3S. The second kappa shape index (κ2) is 6.21. The average Bonchev–Trinajstić information content (AvgIpc) is 2.98. The number of hydrogen-bond donors (Lipinski definition) is 1. The second-order valence-corrected chi connectivity index (χ2v) is 7.03. The van der Waals surface area contributed by atoms with Crippen LogP contribution in [0.1, 0.15) is 5.56 Å². The summed E-state index contributed by atoms with van der Waals surface area (Å²) in [6, 6.07) is 9.40. The van der Waals surface area contributed by atoms with Gasteiger partial charge in [0.05, 0.1) is 4.90 Å². The van der Waals surface area contributed by atoms with Crippen LogP contribution >= 0.6 is 11.6 Å². The summed E-state index contributed by atoms with van der Waals surface area (Å²) < 4.78 is 45.0. The number of halogens is 2. The third kappa shape index (κ3) is 3.39. The highest BCUT2D eigenvalue weighted by molar-refractivity contribution is 7.92. The van der Waals surface area contributed by atoms with E-state index in [1.807, 2.05) is 0 Å². The molecule has 3 rings (SSSR count). The topological polar surface area (TPSA) is 85.1 Å². The Morgan fingerprint density at radius 2 is 1.83 bits per heavy atom. The van der Waals surface area contributed by atoms with Crippen molar-refractivity contribution < 1.29 is 17.2 Å². The van der Waals surface area contributed by atoms with Gasteiger partial charge in [-0.15, -0.1) is 5.10 Å². The molecule has 0 radical (unpaired) electrons. The van der Waals surface area contributed by atoms with Gasteiger partial charge in [0.2, 0.25) is 5.89 Å². The van der Waals surface area contributed by atoms with Gasteiger partial charge in [-0.2, -0.15) is 0 Å². The SMILES string of the molecule is Cc1ccc(S(=O)(=O)Nc2nnc(-c3ccc(F)cc3)o2)cc1Cl. The molecule has 0 aliphatic carbocycles. The number of benzene rings is 2. The molecule has 0 aliphatic heterocycles. The molecule has 0 spiro atoms. The van der Waals surface area contributed by atoms with Gasteiger partial charge in [0.15, 0.2) is 0 Å². The van der Waals surface area contributed by atoms with Crippen molar-refractivity contribution in [3.8, 4) is 11.5 Å². The zero-order valence-electron chi connectivity index (χ0n) is 12.3. The van der Waals surface area contributed by atoms with Crippen LogP contribution in [-0.2, 0) is 10.0 Å². The van der Waals surface area contributed by atoms with Crippen LogP contribution in [0, 0.1) is 12.7 Å².